The smallest absolute Gasteiger partial charge is 0.434 e. The zero-order valence-electron chi connectivity index (χ0n) is 13.8. The lowest BCUT2D eigenvalue weighted by Gasteiger charge is -2.29. The van der Waals surface area contributed by atoms with Crippen LogP contribution in [0.3, 0.4) is 0 Å². The summed E-state index contributed by atoms with van der Waals surface area (Å²) < 4.78 is 80.6. The number of halogens is 6. The molecule has 26 heavy (non-hydrogen) atoms. The van der Waals surface area contributed by atoms with Gasteiger partial charge in [-0.1, -0.05) is 13.2 Å². The quantitative estimate of drug-likeness (QED) is 0.319. The van der Waals surface area contributed by atoms with Crippen molar-refractivity contribution in [3.05, 3.63) is 48.3 Å². The molecule has 0 aliphatic carbocycles. The summed E-state index contributed by atoms with van der Waals surface area (Å²) in [6.45, 7) is 7.94. The predicted octanol–water partition coefficient (Wildman–Crippen LogP) is 2.70. The highest BCUT2D eigenvalue weighted by Crippen LogP contribution is 2.37. The van der Waals surface area contributed by atoms with Gasteiger partial charge in [-0.3, -0.25) is 4.79 Å². The van der Waals surface area contributed by atoms with E-state index in [4.69, 9.17) is 5.73 Å². The highest BCUT2D eigenvalue weighted by molar-refractivity contribution is 6.06. The minimum Gasteiger partial charge on any atom is -0.473 e. The molecule has 0 saturated heterocycles. The summed E-state index contributed by atoms with van der Waals surface area (Å²) in [7, 11) is 1.44. The van der Waals surface area contributed by atoms with Crippen LogP contribution in [0.2, 0.25) is 0 Å². The number of rotatable bonds is 6. The number of nitrogens with two attached hydrogens (primary N) is 1. The van der Waals surface area contributed by atoms with Gasteiger partial charge >= 0.3 is 12.4 Å². The Balaban J connectivity index is 3.11. The Hall–Kier alpha value is -2.59. The molecule has 0 bridgehead atoms. The molecule has 0 spiro atoms. The lowest BCUT2D eigenvalue weighted by Crippen LogP contribution is -2.46. The van der Waals surface area contributed by atoms with Gasteiger partial charge in [0, 0.05) is 24.9 Å². The Bertz CT molecular complexity index is 649. The van der Waals surface area contributed by atoms with Crippen molar-refractivity contribution in [3.63, 3.8) is 0 Å². The van der Waals surface area contributed by atoms with Gasteiger partial charge in [-0.2, -0.15) is 26.3 Å². The first-order valence-electron chi connectivity index (χ1n) is 7.05. The molecule has 0 radical (unpaired) electrons. The second-order valence-electron chi connectivity index (χ2n) is 5.47. The minimum absolute atomic E-state index is 0.0813. The topological polar surface area (TPSA) is 67.6 Å². The first-order valence-corrected chi connectivity index (χ1v) is 7.05. The van der Waals surface area contributed by atoms with Crippen molar-refractivity contribution in [2.45, 2.75) is 31.4 Å². The van der Waals surface area contributed by atoms with Crippen LogP contribution in [0, 0.1) is 0 Å². The van der Waals surface area contributed by atoms with Gasteiger partial charge in [-0.15, -0.1) is 0 Å². The van der Waals surface area contributed by atoms with E-state index in [0.29, 0.717) is 0 Å². The zero-order chi connectivity index (χ0) is 20.4. The van der Waals surface area contributed by atoms with Crippen molar-refractivity contribution in [2.75, 3.05) is 7.05 Å². The van der Waals surface area contributed by atoms with Crippen molar-refractivity contribution >= 4 is 5.78 Å². The predicted molar refractivity (Wildman–Crippen MR) is 81.0 cm³/mol. The summed E-state index contributed by atoms with van der Waals surface area (Å²) >= 11 is 0. The fourth-order valence-electron chi connectivity index (χ4n) is 1.95. The van der Waals surface area contributed by atoms with Crippen molar-refractivity contribution in [1.82, 2.24) is 10.2 Å². The maximum Gasteiger partial charge on any atom is 0.434 e. The van der Waals surface area contributed by atoms with Crippen LogP contribution in [0.1, 0.15) is 6.92 Å². The molecule has 1 aliphatic rings. The van der Waals surface area contributed by atoms with E-state index in [0.717, 1.165) is 12.2 Å². The van der Waals surface area contributed by atoms with E-state index in [1.807, 2.05) is 0 Å². The maximum atomic E-state index is 12.7. The Labute approximate surface area is 145 Å². The summed E-state index contributed by atoms with van der Waals surface area (Å²) in [5, 5.41) is 2.58. The second kappa shape index (κ2) is 7.34. The molecule has 0 aromatic carbocycles. The Morgan fingerprint density at radius 1 is 1.31 bits per heavy atom. The molecule has 0 amide bonds. The van der Waals surface area contributed by atoms with Crippen molar-refractivity contribution in [3.8, 4) is 0 Å². The molecule has 1 aliphatic heterocycles. The average molecular weight is 385 g/mol. The van der Waals surface area contributed by atoms with Crippen molar-refractivity contribution in [1.29, 1.82) is 0 Å². The lowest BCUT2D eigenvalue weighted by atomic mass is 10.2. The molecule has 1 rings (SSSR count). The van der Waals surface area contributed by atoms with Gasteiger partial charge in [0.25, 0.3) is 6.10 Å². The third kappa shape index (κ3) is 5.20. The van der Waals surface area contributed by atoms with Crippen LogP contribution in [0.25, 0.3) is 0 Å². The van der Waals surface area contributed by atoms with Gasteiger partial charge < -0.3 is 20.7 Å². The van der Waals surface area contributed by atoms with Crippen molar-refractivity contribution < 1.29 is 35.9 Å². The number of alkyl halides is 6. The molecule has 0 aromatic heterocycles. The van der Waals surface area contributed by atoms with Gasteiger partial charge in [0.1, 0.15) is 11.6 Å². The van der Waals surface area contributed by atoms with E-state index in [1.165, 1.54) is 18.9 Å². The molecule has 1 unspecified atom stereocenters. The fraction of sp³-hybridized carbons (Fsp3) is 0.400. The summed E-state index contributed by atoms with van der Waals surface area (Å²) in [4.78, 5) is 12.8. The number of ether oxygens (including phenoxy) is 1. The maximum absolute atomic E-state index is 12.7. The number of nitrogens with zero attached hydrogens (tertiary/aromatic N) is 1. The van der Waals surface area contributed by atoms with E-state index in [2.05, 4.69) is 23.2 Å². The lowest BCUT2D eigenvalue weighted by molar-refractivity contribution is -0.313. The van der Waals surface area contributed by atoms with Gasteiger partial charge in [0.2, 0.25) is 5.78 Å². The van der Waals surface area contributed by atoms with Gasteiger partial charge in [-0.05, 0) is 6.92 Å². The van der Waals surface area contributed by atoms with Crippen molar-refractivity contribution in [2.24, 2.45) is 5.73 Å². The molecular weight excluding hydrogens is 368 g/mol. The molecule has 0 aromatic rings. The molecule has 1 atom stereocenters. The normalized spacial score (nSPS) is 17.5. The monoisotopic (exact) mass is 385 g/mol. The number of nitrogens with one attached hydrogen (secondary N) is 1. The number of allylic oxidation sites excluding steroid dienone is 2. The summed E-state index contributed by atoms with van der Waals surface area (Å²) in [5.41, 5.74) is 5.04. The Kier molecular flexibility index (Phi) is 6.06. The number of ketones is 1. The van der Waals surface area contributed by atoms with Crippen LogP contribution in [0.4, 0.5) is 26.3 Å². The number of hydrogen-bond acceptors (Lipinski definition) is 5. The van der Waals surface area contributed by atoms with Crippen LogP contribution in [0.5, 0.6) is 0 Å². The SMILES string of the molecule is C=C(N)C=C(OC(C(F)(F)F)C(F)(F)F)C(C)NC1=CC(=O)C(=C)N1C. The molecular formula is C15H17F6N3O2. The van der Waals surface area contributed by atoms with E-state index in [9.17, 15) is 31.1 Å². The molecule has 11 heteroatoms. The van der Waals surface area contributed by atoms with Crippen LogP contribution >= 0.6 is 0 Å². The molecule has 5 nitrogen and oxygen atoms in total. The molecule has 0 fully saturated rings. The number of likely N-dealkylation sites (N-methyl/N-ethyl adjacent to an activating group) is 1. The largest absolute Gasteiger partial charge is 0.473 e. The first kappa shape index (κ1) is 21.5. The average Bonchev–Trinajstić information content (AvgIpc) is 2.67. The van der Waals surface area contributed by atoms with Crippen LogP contribution < -0.4 is 11.1 Å². The highest BCUT2D eigenvalue weighted by atomic mass is 19.4. The molecule has 1 heterocycles. The van der Waals surface area contributed by atoms with Crippen LogP contribution in [-0.4, -0.2) is 42.2 Å². The van der Waals surface area contributed by atoms with E-state index in [-0.39, 0.29) is 17.2 Å². The molecule has 0 saturated carbocycles. The third-order valence-corrected chi connectivity index (χ3v) is 3.29. The summed E-state index contributed by atoms with van der Waals surface area (Å²) in [6.07, 6.45) is -13.6. The fourth-order valence-corrected chi connectivity index (χ4v) is 1.95. The first-order chi connectivity index (χ1) is 11.6. The van der Waals surface area contributed by atoms with E-state index >= 15 is 0 Å². The second-order valence-corrected chi connectivity index (χ2v) is 5.47. The van der Waals surface area contributed by atoms with Gasteiger partial charge in [0.05, 0.1) is 11.7 Å². The van der Waals surface area contributed by atoms with E-state index in [1.54, 1.807) is 0 Å². The summed E-state index contributed by atoms with van der Waals surface area (Å²) in [5.74, 6) is -1.09. The summed E-state index contributed by atoms with van der Waals surface area (Å²) in [6, 6.07) is -1.20. The minimum atomic E-state index is -5.69. The number of carbonyl (C=O) groups is 1. The Morgan fingerprint density at radius 3 is 2.15 bits per heavy atom. The van der Waals surface area contributed by atoms with Gasteiger partial charge in [0.15, 0.2) is 0 Å². The number of hydrogen-bond donors (Lipinski definition) is 2. The van der Waals surface area contributed by atoms with E-state index < -0.39 is 36.0 Å². The third-order valence-electron chi connectivity index (χ3n) is 3.29. The molecule has 3 N–H and O–H groups in total. The molecule has 146 valence electrons. The Morgan fingerprint density at radius 2 is 1.81 bits per heavy atom. The number of carbonyl (C=O) groups excluding carboxylic acids is 1. The standard InChI is InChI=1S/C15H17F6N3O2/c1-7(22)5-11(26-13(14(16,17)18)15(19,20)21)8(2)23-12-6-10(25)9(3)24(12)4/h5-6,8,13,23H,1,3,22H2,2,4H3. The van der Waals surface area contributed by atoms with Crippen LogP contribution in [0.15, 0.2) is 48.3 Å². The highest BCUT2D eigenvalue weighted by Gasteiger charge is 2.59. The van der Waals surface area contributed by atoms with Crippen LogP contribution in [-0.2, 0) is 9.53 Å². The van der Waals surface area contributed by atoms with Gasteiger partial charge in [-0.25, -0.2) is 0 Å². The zero-order valence-corrected chi connectivity index (χ0v) is 13.8.